The Bertz CT molecular complexity index is 675. The molecule has 1 aromatic carbocycles. The number of aryl methyl sites for hydroxylation is 1. The number of nitrogens with zero attached hydrogens (tertiary/aromatic N) is 2. The highest BCUT2D eigenvalue weighted by atomic mass is 16.4. The topological polar surface area (TPSA) is 67.2 Å². The van der Waals surface area contributed by atoms with Gasteiger partial charge in [-0.25, -0.2) is 4.98 Å². The Kier molecular flexibility index (Phi) is 3.45. The minimum Gasteiger partial charge on any atom is -0.480 e. The largest absolute Gasteiger partial charge is 0.480 e. The van der Waals surface area contributed by atoms with Gasteiger partial charge in [0.1, 0.15) is 11.4 Å². The zero-order valence-electron chi connectivity index (χ0n) is 12.5. The second-order valence-electron chi connectivity index (χ2n) is 5.76. The highest BCUT2D eigenvalue weighted by molar-refractivity contribution is 5.81. The summed E-state index contributed by atoms with van der Waals surface area (Å²) in [5.41, 5.74) is 1.05. The molecule has 21 heavy (non-hydrogen) atoms. The predicted octanol–water partition coefficient (Wildman–Crippen LogP) is 2.05. The molecule has 1 aliphatic carbocycles. The third-order valence-corrected chi connectivity index (χ3v) is 4.56. The standard InChI is InChI=1S/C16H21N3O2/c1-3-14-18-12-6-4-5-7-13(12)19(14)10-16(17-2,15(20)21)11-8-9-11/h4-7,11,17H,3,8-10H2,1-2H3,(H,20,21). The Balaban J connectivity index is 2.09. The number of aromatic nitrogens is 2. The summed E-state index contributed by atoms with van der Waals surface area (Å²) in [5.74, 6) is 0.371. The number of carbonyl (C=O) groups is 1. The van der Waals surface area contributed by atoms with Gasteiger partial charge in [-0.3, -0.25) is 4.79 Å². The molecule has 0 radical (unpaired) electrons. The fourth-order valence-electron chi connectivity index (χ4n) is 3.16. The quantitative estimate of drug-likeness (QED) is 0.853. The van der Waals surface area contributed by atoms with Gasteiger partial charge in [0.15, 0.2) is 0 Å². The summed E-state index contributed by atoms with van der Waals surface area (Å²) in [5, 5.41) is 12.9. The lowest BCUT2D eigenvalue weighted by Crippen LogP contribution is -2.55. The van der Waals surface area contributed by atoms with Crippen LogP contribution in [0, 0.1) is 5.92 Å². The molecule has 1 aromatic heterocycles. The first-order valence-corrected chi connectivity index (χ1v) is 7.49. The summed E-state index contributed by atoms with van der Waals surface area (Å²) in [7, 11) is 1.75. The van der Waals surface area contributed by atoms with E-state index < -0.39 is 11.5 Å². The van der Waals surface area contributed by atoms with Gasteiger partial charge in [0.2, 0.25) is 0 Å². The molecule has 5 nitrogen and oxygen atoms in total. The molecule has 0 amide bonds. The lowest BCUT2D eigenvalue weighted by molar-refractivity contribution is -0.146. The maximum absolute atomic E-state index is 11.9. The monoisotopic (exact) mass is 287 g/mol. The van der Waals surface area contributed by atoms with Crippen molar-refractivity contribution in [3.63, 3.8) is 0 Å². The van der Waals surface area contributed by atoms with Crippen molar-refractivity contribution in [2.75, 3.05) is 7.05 Å². The molecular weight excluding hydrogens is 266 g/mol. The van der Waals surface area contributed by atoms with E-state index in [2.05, 4.69) is 21.8 Å². The number of hydrogen-bond donors (Lipinski definition) is 2. The molecule has 3 rings (SSSR count). The fourth-order valence-corrected chi connectivity index (χ4v) is 3.16. The highest BCUT2D eigenvalue weighted by Gasteiger charge is 2.50. The van der Waals surface area contributed by atoms with Gasteiger partial charge in [0, 0.05) is 6.42 Å². The zero-order valence-corrected chi connectivity index (χ0v) is 12.5. The van der Waals surface area contributed by atoms with E-state index in [1.54, 1.807) is 7.05 Å². The molecule has 1 unspecified atom stereocenters. The molecule has 0 spiro atoms. The van der Waals surface area contributed by atoms with E-state index in [-0.39, 0.29) is 5.92 Å². The second kappa shape index (κ2) is 5.15. The van der Waals surface area contributed by atoms with Crippen molar-refractivity contribution in [2.45, 2.75) is 38.3 Å². The number of aliphatic carboxylic acids is 1. The van der Waals surface area contributed by atoms with Crippen LogP contribution in [0.1, 0.15) is 25.6 Å². The Morgan fingerprint density at radius 2 is 2.19 bits per heavy atom. The maximum atomic E-state index is 11.9. The molecule has 0 aliphatic heterocycles. The van der Waals surface area contributed by atoms with Gasteiger partial charge in [-0.2, -0.15) is 0 Å². The van der Waals surface area contributed by atoms with Crippen LogP contribution in [0.4, 0.5) is 0 Å². The molecule has 112 valence electrons. The Labute approximate surface area is 124 Å². The number of para-hydroxylation sites is 2. The number of imidazole rings is 1. The molecule has 5 heteroatoms. The van der Waals surface area contributed by atoms with Crippen LogP contribution in [-0.4, -0.2) is 33.2 Å². The smallest absolute Gasteiger partial charge is 0.326 e. The van der Waals surface area contributed by atoms with Crippen LogP contribution in [0.25, 0.3) is 11.0 Å². The van der Waals surface area contributed by atoms with Crippen LogP contribution in [0.2, 0.25) is 0 Å². The SMILES string of the molecule is CCc1nc2ccccc2n1CC(NC)(C(=O)O)C1CC1. The van der Waals surface area contributed by atoms with Crippen molar-refractivity contribution in [1.82, 2.24) is 14.9 Å². The van der Waals surface area contributed by atoms with Crippen molar-refractivity contribution in [3.8, 4) is 0 Å². The highest BCUT2D eigenvalue weighted by Crippen LogP contribution is 2.41. The third-order valence-electron chi connectivity index (χ3n) is 4.56. The minimum absolute atomic E-state index is 0.200. The van der Waals surface area contributed by atoms with Crippen molar-refractivity contribution in [3.05, 3.63) is 30.1 Å². The molecule has 2 N–H and O–H groups in total. The van der Waals surface area contributed by atoms with E-state index in [0.717, 1.165) is 36.1 Å². The normalized spacial score (nSPS) is 17.8. The number of fused-ring (bicyclic) bond motifs is 1. The Morgan fingerprint density at radius 1 is 1.48 bits per heavy atom. The van der Waals surface area contributed by atoms with Gasteiger partial charge in [-0.15, -0.1) is 0 Å². The Morgan fingerprint density at radius 3 is 2.76 bits per heavy atom. The van der Waals surface area contributed by atoms with Crippen LogP contribution >= 0.6 is 0 Å². The average molecular weight is 287 g/mol. The van der Waals surface area contributed by atoms with Gasteiger partial charge >= 0.3 is 5.97 Å². The summed E-state index contributed by atoms with van der Waals surface area (Å²) >= 11 is 0. The van der Waals surface area contributed by atoms with E-state index in [9.17, 15) is 9.90 Å². The zero-order chi connectivity index (χ0) is 15.0. The van der Waals surface area contributed by atoms with Crippen LogP contribution in [0.3, 0.4) is 0 Å². The van der Waals surface area contributed by atoms with Gasteiger partial charge in [0.25, 0.3) is 0 Å². The van der Waals surface area contributed by atoms with Crippen LogP contribution in [-0.2, 0) is 17.8 Å². The first-order valence-electron chi connectivity index (χ1n) is 7.49. The average Bonchev–Trinajstić information content (AvgIpc) is 3.27. The van der Waals surface area contributed by atoms with Crippen molar-refractivity contribution in [2.24, 2.45) is 5.92 Å². The maximum Gasteiger partial charge on any atom is 0.326 e. The van der Waals surface area contributed by atoms with Crippen LogP contribution in [0.15, 0.2) is 24.3 Å². The molecule has 1 saturated carbocycles. The van der Waals surface area contributed by atoms with E-state index in [0.29, 0.717) is 6.54 Å². The molecule has 1 atom stereocenters. The number of hydrogen-bond acceptors (Lipinski definition) is 3. The van der Waals surface area contributed by atoms with E-state index >= 15 is 0 Å². The van der Waals surface area contributed by atoms with Crippen LogP contribution in [0.5, 0.6) is 0 Å². The van der Waals surface area contributed by atoms with Crippen molar-refractivity contribution < 1.29 is 9.90 Å². The van der Waals surface area contributed by atoms with Gasteiger partial charge < -0.3 is 15.0 Å². The lowest BCUT2D eigenvalue weighted by atomic mass is 9.93. The first kappa shape index (κ1) is 14.1. The number of likely N-dealkylation sites (N-methyl/N-ethyl adjacent to an activating group) is 1. The number of nitrogens with one attached hydrogen (secondary N) is 1. The summed E-state index contributed by atoms with van der Waals surface area (Å²) in [6.45, 7) is 2.48. The fraction of sp³-hybridized carbons (Fsp3) is 0.500. The van der Waals surface area contributed by atoms with Crippen molar-refractivity contribution in [1.29, 1.82) is 0 Å². The summed E-state index contributed by atoms with van der Waals surface area (Å²) in [6.07, 6.45) is 2.74. The van der Waals surface area contributed by atoms with Gasteiger partial charge in [0.05, 0.1) is 17.6 Å². The first-order chi connectivity index (χ1) is 10.1. The molecule has 1 heterocycles. The second-order valence-corrected chi connectivity index (χ2v) is 5.76. The molecule has 0 bridgehead atoms. The molecule has 1 aliphatic rings. The van der Waals surface area contributed by atoms with E-state index in [1.807, 2.05) is 24.3 Å². The van der Waals surface area contributed by atoms with Crippen molar-refractivity contribution >= 4 is 17.0 Å². The summed E-state index contributed by atoms with van der Waals surface area (Å²) in [4.78, 5) is 16.5. The minimum atomic E-state index is -0.895. The number of carboxylic acid groups (broad SMARTS) is 1. The Hall–Kier alpha value is -1.88. The number of benzene rings is 1. The van der Waals surface area contributed by atoms with Gasteiger partial charge in [-0.05, 0) is 37.9 Å². The lowest BCUT2D eigenvalue weighted by Gasteiger charge is -2.30. The number of carboxylic acids is 1. The number of rotatable bonds is 6. The molecule has 0 saturated heterocycles. The van der Waals surface area contributed by atoms with Crippen LogP contribution < -0.4 is 5.32 Å². The third kappa shape index (κ3) is 2.21. The predicted molar refractivity (Wildman–Crippen MR) is 81.3 cm³/mol. The molecular formula is C16H21N3O2. The van der Waals surface area contributed by atoms with E-state index in [4.69, 9.17) is 0 Å². The van der Waals surface area contributed by atoms with Gasteiger partial charge in [-0.1, -0.05) is 19.1 Å². The summed E-state index contributed by atoms with van der Waals surface area (Å²) < 4.78 is 2.07. The van der Waals surface area contributed by atoms with E-state index in [1.165, 1.54) is 0 Å². The molecule has 1 fully saturated rings. The molecule has 2 aromatic rings. The summed E-state index contributed by atoms with van der Waals surface area (Å²) in [6, 6.07) is 7.92.